The third-order valence-electron chi connectivity index (χ3n) is 6.71. The normalized spacial score (nSPS) is 11.3. The van der Waals surface area contributed by atoms with E-state index in [2.05, 4.69) is 20.8 Å². The smallest absolute Gasteiger partial charge is 0.386 e. The summed E-state index contributed by atoms with van der Waals surface area (Å²) in [7, 11) is -7.87. The maximum Gasteiger partial charge on any atom is 0.647 e. The second-order valence-electron chi connectivity index (χ2n) is 11.8. The van der Waals surface area contributed by atoms with Crippen LogP contribution in [0.5, 0.6) is 34.5 Å². The van der Waals surface area contributed by atoms with Gasteiger partial charge in [0, 0.05) is 5.56 Å². The van der Waals surface area contributed by atoms with Gasteiger partial charge >= 0.3 is 15.6 Å². The largest absolute Gasteiger partial charge is 0.647 e. The van der Waals surface area contributed by atoms with E-state index in [1.807, 2.05) is 48.5 Å². The molecule has 0 aliphatic carbocycles. The lowest BCUT2D eigenvalue weighted by molar-refractivity contribution is 0.295. The molecule has 0 N–H and O–H groups in total. The molecule has 6 rings (SSSR count). The summed E-state index contributed by atoms with van der Waals surface area (Å²) in [5.41, 5.74) is 0.722. The summed E-state index contributed by atoms with van der Waals surface area (Å²) in [6.45, 7) is 6.20. The van der Waals surface area contributed by atoms with Crippen molar-refractivity contribution in [2.24, 2.45) is 0 Å². The molecule has 0 aromatic heterocycles. The number of benzene rings is 6. The van der Waals surface area contributed by atoms with E-state index in [-0.39, 0.29) is 5.41 Å². The van der Waals surface area contributed by atoms with Crippen molar-refractivity contribution in [1.82, 2.24) is 0 Å². The summed E-state index contributed by atoms with van der Waals surface area (Å²) in [4.78, 5) is 0. The Morgan fingerprint density at radius 3 is 0.860 bits per heavy atom. The molecule has 0 spiro atoms. The fourth-order valence-electron chi connectivity index (χ4n) is 4.45. The highest BCUT2D eigenvalue weighted by atomic mass is 31.2. The predicted molar refractivity (Wildman–Crippen MR) is 196 cm³/mol. The van der Waals surface area contributed by atoms with Crippen LogP contribution < -0.4 is 27.1 Å². The van der Waals surface area contributed by atoms with Crippen LogP contribution >= 0.6 is 15.6 Å². The molecule has 0 unspecified atom stereocenters. The van der Waals surface area contributed by atoms with E-state index >= 15 is 0 Å². The van der Waals surface area contributed by atoms with E-state index in [1.165, 1.54) is 0 Å². The van der Waals surface area contributed by atoms with Gasteiger partial charge in [-0.3, -0.25) is 0 Å². The van der Waals surface area contributed by atoms with E-state index in [0.29, 0.717) is 34.5 Å². The molecule has 0 amide bonds. The minimum absolute atomic E-state index is 0.194. The lowest BCUT2D eigenvalue weighted by Gasteiger charge is -2.25. The van der Waals surface area contributed by atoms with Crippen LogP contribution in [0.15, 0.2) is 176 Å². The van der Waals surface area contributed by atoms with Gasteiger partial charge in [0.25, 0.3) is 0 Å². The molecular formula is C40H38O8P2. The molecule has 0 aliphatic heterocycles. The van der Waals surface area contributed by atoms with Gasteiger partial charge in [-0.1, -0.05) is 130 Å². The molecule has 256 valence electrons. The van der Waals surface area contributed by atoms with Gasteiger partial charge in [0.1, 0.15) is 34.5 Å². The average molecular weight is 709 g/mol. The summed E-state index contributed by atoms with van der Waals surface area (Å²) in [6, 6.07) is 51.6. The first-order chi connectivity index (χ1) is 24.1. The lowest BCUT2D eigenvalue weighted by Crippen LogP contribution is -2.15. The number of para-hydroxylation sites is 6. The van der Waals surface area contributed by atoms with Crippen molar-refractivity contribution in [3.8, 4) is 34.5 Å². The standard InChI is InChI=1S/C22H23O4P.C18H15O4P/c1-22(2,3)20-16-10-11-17-21(20)26-27(23,24-18-12-6-4-7-13-18)25-19-14-8-5-9-15-19;19-23(20-16-10-4-1-5-11-16,21-17-12-6-2-7-13-17)22-18-14-8-3-9-15-18/h4-17H,1-3H3;1-15H. The summed E-state index contributed by atoms with van der Waals surface area (Å²) in [5.74, 6) is 2.50. The first kappa shape index (κ1) is 35.9. The number of hydrogen-bond donors (Lipinski definition) is 0. The van der Waals surface area contributed by atoms with Gasteiger partial charge in [0.05, 0.1) is 0 Å². The van der Waals surface area contributed by atoms with Crippen LogP contribution in [0.2, 0.25) is 0 Å². The lowest BCUT2D eigenvalue weighted by atomic mass is 9.86. The molecule has 0 saturated carbocycles. The van der Waals surface area contributed by atoms with Crippen molar-refractivity contribution < 1.29 is 36.3 Å². The zero-order valence-electron chi connectivity index (χ0n) is 27.9. The summed E-state index contributed by atoms with van der Waals surface area (Å²) >= 11 is 0. The number of phosphoric ester groups is 2. The van der Waals surface area contributed by atoms with Crippen LogP contribution in [-0.2, 0) is 14.5 Å². The third kappa shape index (κ3) is 11.1. The SMILES string of the molecule is CC(C)(C)c1ccccc1OP(=O)(Oc1ccccc1)Oc1ccccc1.O=P(Oc1ccccc1)(Oc1ccccc1)Oc1ccccc1. The Morgan fingerprint density at radius 1 is 0.340 bits per heavy atom. The number of phosphoric acid groups is 2. The highest BCUT2D eigenvalue weighted by Gasteiger charge is 2.35. The quantitative estimate of drug-likeness (QED) is 0.116. The molecule has 0 aliphatic rings. The third-order valence-corrected chi connectivity index (χ3v) is 9.30. The van der Waals surface area contributed by atoms with Crippen LogP contribution in [0.1, 0.15) is 26.3 Å². The predicted octanol–water partition coefficient (Wildman–Crippen LogP) is 12.0. The van der Waals surface area contributed by atoms with E-state index in [9.17, 15) is 9.13 Å². The Labute approximate surface area is 293 Å². The van der Waals surface area contributed by atoms with E-state index in [1.54, 1.807) is 127 Å². The number of rotatable bonds is 12. The van der Waals surface area contributed by atoms with Crippen LogP contribution in [0.3, 0.4) is 0 Å². The summed E-state index contributed by atoms with van der Waals surface area (Å²) in [5, 5.41) is 0. The van der Waals surface area contributed by atoms with Crippen molar-refractivity contribution in [2.75, 3.05) is 0 Å². The van der Waals surface area contributed by atoms with Crippen LogP contribution in [0.4, 0.5) is 0 Å². The van der Waals surface area contributed by atoms with Crippen molar-refractivity contribution in [3.63, 3.8) is 0 Å². The highest BCUT2D eigenvalue weighted by molar-refractivity contribution is 7.50. The van der Waals surface area contributed by atoms with Gasteiger partial charge in [0.15, 0.2) is 0 Å². The molecule has 0 heterocycles. The first-order valence-electron chi connectivity index (χ1n) is 15.8. The van der Waals surface area contributed by atoms with E-state index in [0.717, 1.165) is 5.56 Å². The fraction of sp³-hybridized carbons (Fsp3) is 0.100. The molecule has 0 bridgehead atoms. The van der Waals surface area contributed by atoms with Gasteiger partial charge in [0.2, 0.25) is 0 Å². The zero-order valence-corrected chi connectivity index (χ0v) is 29.7. The fourth-order valence-corrected chi connectivity index (χ4v) is 6.97. The van der Waals surface area contributed by atoms with E-state index < -0.39 is 15.6 Å². The minimum atomic E-state index is -3.98. The Bertz CT molecular complexity index is 1830. The molecule has 0 saturated heterocycles. The molecule has 10 heteroatoms. The second kappa shape index (κ2) is 16.8. The van der Waals surface area contributed by atoms with Gasteiger partial charge in [-0.2, -0.15) is 9.13 Å². The van der Waals surface area contributed by atoms with Crippen LogP contribution in [0.25, 0.3) is 0 Å². The Balaban J connectivity index is 0.000000197. The van der Waals surface area contributed by atoms with E-state index in [4.69, 9.17) is 27.1 Å². The molecule has 50 heavy (non-hydrogen) atoms. The second-order valence-corrected chi connectivity index (χ2v) is 14.6. The Morgan fingerprint density at radius 2 is 0.580 bits per heavy atom. The molecule has 0 radical (unpaired) electrons. The zero-order chi connectivity index (χ0) is 35.3. The molecule has 6 aromatic rings. The van der Waals surface area contributed by atoms with Crippen molar-refractivity contribution in [1.29, 1.82) is 0 Å². The molecular weight excluding hydrogens is 670 g/mol. The molecule has 0 atom stereocenters. The van der Waals surface area contributed by atoms with Gasteiger partial charge < -0.3 is 27.1 Å². The van der Waals surface area contributed by atoms with Crippen molar-refractivity contribution in [3.05, 3.63) is 181 Å². The number of hydrogen-bond acceptors (Lipinski definition) is 8. The highest BCUT2D eigenvalue weighted by Crippen LogP contribution is 2.52. The summed E-state index contributed by atoms with van der Waals surface area (Å²) < 4.78 is 60.4. The Hall–Kier alpha value is -5.42. The average Bonchev–Trinajstić information content (AvgIpc) is 3.10. The maximum absolute atomic E-state index is 13.5. The van der Waals surface area contributed by atoms with Gasteiger partial charge in [-0.25, -0.2) is 0 Å². The van der Waals surface area contributed by atoms with Crippen LogP contribution in [0, 0.1) is 0 Å². The molecule has 6 aromatic carbocycles. The van der Waals surface area contributed by atoms with Crippen molar-refractivity contribution in [2.45, 2.75) is 26.2 Å². The van der Waals surface area contributed by atoms with Crippen molar-refractivity contribution >= 4 is 15.6 Å². The first-order valence-corrected chi connectivity index (χ1v) is 18.7. The minimum Gasteiger partial charge on any atom is -0.386 e. The van der Waals surface area contributed by atoms with Crippen LogP contribution in [-0.4, -0.2) is 0 Å². The maximum atomic E-state index is 13.5. The van der Waals surface area contributed by atoms with Gasteiger partial charge in [-0.15, -0.1) is 0 Å². The topological polar surface area (TPSA) is 89.5 Å². The van der Waals surface area contributed by atoms with Gasteiger partial charge in [-0.05, 0) is 72.1 Å². The monoisotopic (exact) mass is 708 g/mol. The Kier molecular flexibility index (Phi) is 12.1. The summed E-state index contributed by atoms with van der Waals surface area (Å²) in [6.07, 6.45) is 0. The molecule has 0 fully saturated rings. The molecule has 8 nitrogen and oxygen atoms in total.